The van der Waals surface area contributed by atoms with Crippen molar-refractivity contribution in [2.24, 2.45) is 0 Å². The largest absolute Gasteiger partial charge is 0.396 e. The molecule has 0 saturated heterocycles. The van der Waals surface area contributed by atoms with Gasteiger partial charge >= 0.3 is 0 Å². The van der Waals surface area contributed by atoms with Crippen LogP contribution in [0.4, 0.5) is 0 Å². The summed E-state index contributed by atoms with van der Waals surface area (Å²) in [6.07, 6.45) is 1.22. The van der Waals surface area contributed by atoms with Gasteiger partial charge in [-0.15, -0.1) is 0 Å². The number of carbonyl (C=O) groups excluding carboxylic acids is 2. The molecular weight excluding hydrogens is 230 g/mol. The predicted octanol–water partition coefficient (Wildman–Crippen LogP) is 1.75. The van der Waals surface area contributed by atoms with Crippen LogP contribution in [-0.2, 0) is 0 Å². The molecule has 1 aromatic rings. The van der Waals surface area contributed by atoms with E-state index in [4.69, 9.17) is 5.11 Å². The van der Waals surface area contributed by atoms with Crippen molar-refractivity contribution in [2.75, 3.05) is 6.61 Å². The molecule has 4 heteroatoms. The molecule has 1 unspecified atom stereocenters. The molecule has 1 aliphatic rings. The second-order valence-corrected chi connectivity index (χ2v) is 4.74. The normalized spacial score (nSPS) is 16.1. The molecule has 1 atom stereocenters. The van der Waals surface area contributed by atoms with Crippen molar-refractivity contribution in [3.05, 3.63) is 34.9 Å². The third kappa shape index (κ3) is 2.04. The number of fused-ring (bicyclic) bond motifs is 1. The zero-order valence-corrected chi connectivity index (χ0v) is 10.6. The van der Waals surface area contributed by atoms with E-state index in [1.807, 2.05) is 19.9 Å². The maximum Gasteiger partial charge on any atom is 0.261 e. The van der Waals surface area contributed by atoms with Gasteiger partial charge in [0.1, 0.15) is 0 Å². The monoisotopic (exact) mass is 247 g/mol. The Labute approximate surface area is 106 Å². The fourth-order valence-electron chi connectivity index (χ4n) is 2.29. The van der Waals surface area contributed by atoms with Crippen molar-refractivity contribution >= 4 is 11.8 Å². The number of hydrogen-bond donors (Lipinski definition) is 1. The summed E-state index contributed by atoms with van der Waals surface area (Å²) in [5.74, 6) is -0.440. The highest BCUT2D eigenvalue weighted by Crippen LogP contribution is 2.26. The Bertz CT molecular complexity index is 496. The topological polar surface area (TPSA) is 57.6 Å². The molecule has 0 aliphatic carbocycles. The number of aryl methyl sites for hydroxylation is 1. The maximum atomic E-state index is 12.2. The molecule has 1 aliphatic heterocycles. The fourth-order valence-corrected chi connectivity index (χ4v) is 2.29. The van der Waals surface area contributed by atoms with E-state index in [2.05, 4.69) is 0 Å². The van der Waals surface area contributed by atoms with Gasteiger partial charge in [0.2, 0.25) is 0 Å². The first-order chi connectivity index (χ1) is 8.56. The van der Waals surface area contributed by atoms with Crippen molar-refractivity contribution in [2.45, 2.75) is 32.7 Å². The molecule has 0 aromatic heterocycles. The summed E-state index contributed by atoms with van der Waals surface area (Å²) in [5, 5.41) is 8.81. The molecule has 4 nitrogen and oxygen atoms in total. The Morgan fingerprint density at radius 1 is 1.22 bits per heavy atom. The lowest BCUT2D eigenvalue weighted by atomic mass is 10.1. The molecule has 1 N–H and O–H groups in total. The zero-order chi connectivity index (χ0) is 13.3. The molecule has 18 heavy (non-hydrogen) atoms. The number of imide groups is 1. The van der Waals surface area contributed by atoms with Gasteiger partial charge in [0.05, 0.1) is 11.1 Å². The summed E-state index contributed by atoms with van der Waals surface area (Å²) in [5.41, 5.74) is 1.96. The van der Waals surface area contributed by atoms with Crippen LogP contribution in [0.15, 0.2) is 18.2 Å². The average Bonchev–Trinajstić information content (AvgIpc) is 2.59. The number of nitrogens with zero attached hydrogens (tertiary/aromatic N) is 1. The van der Waals surface area contributed by atoms with Crippen LogP contribution < -0.4 is 0 Å². The van der Waals surface area contributed by atoms with Crippen molar-refractivity contribution in [3.63, 3.8) is 0 Å². The van der Waals surface area contributed by atoms with E-state index in [9.17, 15) is 9.59 Å². The third-order valence-corrected chi connectivity index (χ3v) is 3.29. The number of hydrogen-bond acceptors (Lipinski definition) is 3. The Morgan fingerprint density at radius 2 is 1.89 bits per heavy atom. The molecule has 0 spiro atoms. The van der Waals surface area contributed by atoms with Gasteiger partial charge in [-0.2, -0.15) is 0 Å². The molecule has 1 heterocycles. The lowest BCUT2D eigenvalue weighted by molar-refractivity contribution is 0.0584. The molecule has 0 saturated carbocycles. The minimum Gasteiger partial charge on any atom is -0.396 e. The van der Waals surface area contributed by atoms with Gasteiger partial charge in [-0.3, -0.25) is 14.5 Å². The highest BCUT2D eigenvalue weighted by atomic mass is 16.3. The number of amides is 2. The quantitative estimate of drug-likeness (QED) is 0.825. The number of benzene rings is 1. The van der Waals surface area contributed by atoms with Crippen LogP contribution >= 0.6 is 0 Å². The van der Waals surface area contributed by atoms with E-state index in [-0.39, 0.29) is 24.5 Å². The third-order valence-electron chi connectivity index (χ3n) is 3.29. The molecule has 0 fully saturated rings. The highest BCUT2D eigenvalue weighted by Gasteiger charge is 2.37. The minimum atomic E-state index is -0.222. The average molecular weight is 247 g/mol. The van der Waals surface area contributed by atoms with E-state index in [1.165, 1.54) is 4.90 Å². The van der Waals surface area contributed by atoms with Gasteiger partial charge in [-0.1, -0.05) is 11.6 Å². The molecule has 96 valence electrons. The van der Waals surface area contributed by atoms with Crippen LogP contribution in [0.3, 0.4) is 0 Å². The predicted molar refractivity (Wildman–Crippen MR) is 67.5 cm³/mol. The Balaban J connectivity index is 2.28. The van der Waals surface area contributed by atoms with Gasteiger partial charge in [-0.25, -0.2) is 0 Å². The first kappa shape index (κ1) is 12.8. The van der Waals surface area contributed by atoms with Crippen LogP contribution in [0.1, 0.15) is 46.0 Å². The maximum absolute atomic E-state index is 12.2. The van der Waals surface area contributed by atoms with Crippen molar-refractivity contribution in [1.82, 2.24) is 4.90 Å². The SMILES string of the molecule is Cc1ccc2c(c1)C(=O)N(C(C)CCCO)C2=O. The standard InChI is InChI=1S/C14H17NO3/c1-9-5-6-11-12(8-9)14(18)15(13(11)17)10(2)4-3-7-16/h5-6,8,10,16H,3-4,7H2,1-2H3. The highest BCUT2D eigenvalue weighted by molar-refractivity contribution is 6.21. The van der Waals surface area contributed by atoms with Crippen molar-refractivity contribution in [1.29, 1.82) is 0 Å². The van der Waals surface area contributed by atoms with Gasteiger partial charge in [0.25, 0.3) is 11.8 Å². The zero-order valence-electron chi connectivity index (χ0n) is 10.6. The lowest BCUT2D eigenvalue weighted by Gasteiger charge is -2.21. The number of aliphatic hydroxyl groups excluding tert-OH is 1. The lowest BCUT2D eigenvalue weighted by Crippen LogP contribution is -2.38. The van der Waals surface area contributed by atoms with Gasteiger partial charge in [0.15, 0.2) is 0 Å². The summed E-state index contributed by atoms with van der Waals surface area (Å²) >= 11 is 0. The van der Waals surface area contributed by atoms with E-state index in [1.54, 1.807) is 12.1 Å². The van der Waals surface area contributed by atoms with Crippen LogP contribution in [-0.4, -0.2) is 34.5 Å². The second kappa shape index (κ2) is 4.90. The number of carbonyl (C=O) groups is 2. The van der Waals surface area contributed by atoms with Crippen LogP contribution in [0.25, 0.3) is 0 Å². The summed E-state index contributed by atoms with van der Waals surface area (Å²) in [4.78, 5) is 25.7. The van der Waals surface area contributed by atoms with Gasteiger partial charge < -0.3 is 5.11 Å². The Kier molecular flexibility index (Phi) is 3.48. The molecule has 1 aromatic carbocycles. The first-order valence-corrected chi connectivity index (χ1v) is 6.15. The van der Waals surface area contributed by atoms with E-state index in [0.29, 0.717) is 24.0 Å². The van der Waals surface area contributed by atoms with Gasteiger partial charge in [-0.05, 0) is 38.8 Å². The molecule has 0 radical (unpaired) electrons. The van der Waals surface area contributed by atoms with E-state index < -0.39 is 0 Å². The summed E-state index contributed by atoms with van der Waals surface area (Å²) < 4.78 is 0. The van der Waals surface area contributed by atoms with E-state index in [0.717, 1.165) is 5.56 Å². The summed E-state index contributed by atoms with van der Waals surface area (Å²) in [7, 11) is 0. The number of rotatable bonds is 4. The number of aliphatic hydroxyl groups is 1. The molecule has 2 rings (SSSR count). The smallest absolute Gasteiger partial charge is 0.261 e. The molecule has 0 bridgehead atoms. The fraction of sp³-hybridized carbons (Fsp3) is 0.429. The Morgan fingerprint density at radius 3 is 2.56 bits per heavy atom. The van der Waals surface area contributed by atoms with Crippen LogP contribution in [0.2, 0.25) is 0 Å². The molecule has 2 amide bonds. The minimum absolute atomic E-state index is 0.0760. The van der Waals surface area contributed by atoms with Crippen LogP contribution in [0.5, 0.6) is 0 Å². The first-order valence-electron chi connectivity index (χ1n) is 6.15. The van der Waals surface area contributed by atoms with Gasteiger partial charge in [0, 0.05) is 12.6 Å². The van der Waals surface area contributed by atoms with Crippen molar-refractivity contribution in [3.8, 4) is 0 Å². The summed E-state index contributed by atoms with van der Waals surface area (Å²) in [6.45, 7) is 3.81. The van der Waals surface area contributed by atoms with Crippen LogP contribution in [0, 0.1) is 6.92 Å². The Hall–Kier alpha value is -1.68. The summed E-state index contributed by atoms with van der Waals surface area (Å²) in [6, 6.07) is 5.13. The second-order valence-electron chi connectivity index (χ2n) is 4.74. The van der Waals surface area contributed by atoms with Crippen molar-refractivity contribution < 1.29 is 14.7 Å². The van der Waals surface area contributed by atoms with E-state index >= 15 is 0 Å². The molecular formula is C14H17NO3.